The lowest BCUT2D eigenvalue weighted by Gasteiger charge is -2.11. The van der Waals surface area contributed by atoms with E-state index in [-0.39, 0.29) is 5.56 Å². The molecule has 0 aliphatic heterocycles. The van der Waals surface area contributed by atoms with Crippen molar-refractivity contribution in [2.24, 2.45) is 5.73 Å². The number of carbonyl (C=O) groups is 1. The van der Waals surface area contributed by atoms with E-state index in [0.29, 0.717) is 17.7 Å². The fourth-order valence-electron chi connectivity index (χ4n) is 2.52. The molecule has 0 aliphatic rings. The van der Waals surface area contributed by atoms with Gasteiger partial charge in [0, 0.05) is 23.7 Å². The summed E-state index contributed by atoms with van der Waals surface area (Å²) in [4.78, 5) is 16.6. The first-order valence-corrected chi connectivity index (χ1v) is 7.45. The monoisotopic (exact) mass is 345 g/mol. The molecule has 0 aliphatic carbocycles. The molecule has 0 bridgehead atoms. The summed E-state index contributed by atoms with van der Waals surface area (Å²) in [6, 6.07) is 11.1. The molecule has 0 spiro atoms. The number of hydrogen-bond acceptors (Lipinski definition) is 3. The molecule has 0 radical (unpaired) electrons. The number of alkyl halides is 3. The Labute approximate surface area is 141 Å². The van der Waals surface area contributed by atoms with Crippen molar-refractivity contribution in [2.45, 2.75) is 12.7 Å². The summed E-state index contributed by atoms with van der Waals surface area (Å²) < 4.78 is 37.8. The highest BCUT2D eigenvalue weighted by molar-refractivity contribution is 6.08. The summed E-state index contributed by atoms with van der Waals surface area (Å²) in [6.07, 6.45) is -2.84. The molecule has 0 unspecified atom stereocenters. The number of pyridine rings is 1. The van der Waals surface area contributed by atoms with E-state index in [1.165, 1.54) is 0 Å². The van der Waals surface area contributed by atoms with Crippen LogP contribution in [0.15, 0.2) is 54.7 Å². The van der Waals surface area contributed by atoms with Gasteiger partial charge < -0.3 is 11.1 Å². The second-order valence-electron chi connectivity index (χ2n) is 5.41. The lowest BCUT2D eigenvalue weighted by Crippen LogP contribution is -2.13. The first kappa shape index (κ1) is 16.9. The van der Waals surface area contributed by atoms with Crippen molar-refractivity contribution in [1.82, 2.24) is 4.98 Å². The van der Waals surface area contributed by atoms with Gasteiger partial charge in [-0.15, -0.1) is 0 Å². The van der Waals surface area contributed by atoms with Crippen molar-refractivity contribution in [2.75, 3.05) is 5.32 Å². The second kappa shape index (κ2) is 6.52. The first-order chi connectivity index (χ1) is 11.9. The summed E-state index contributed by atoms with van der Waals surface area (Å²) >= 11 is 0. The van der Waals surface area contributed by atoms with Gasteiger partial charge in [-0.3, -0.25) is 9.78 Å². The third-order valence-electron chi connectivity index (χ3n) is 3.80. The van der Waals surface area contributed by atoms with Crippen LogP contribution in [-0.2, 0) is 12.7 Å². The number of hydrogen-bond donors (Lipinski definition) is 2. The van der Waals surface area contributed by atoms with Crippen LogP contribution in [0.3, 0.4) is 0 Å². The Morgan fingerprint density at radius 2 is 1.80 bits per heavy atom. The SMILES string of the molecule is NCc1ccc(NC(=O)c2ccc(C(F)(F)F)cc2)c2ncccc12. The lowest BCUT2D eigenvalue weighted by atomic mass is 10.1. The third-order valence-corrected chi connectivity index (χ3v) is 3.80. The van der Waals surface area contributed by atoms with Gasteiger partial charge in [-0.05, 0) is 42.0 Å². The summed E-state index contributed by atoms with van der Waals surface area (Å²) in [5, 5.41) is 3.50. The number of anilines is 1. The predicted molar refractivity (Wildman–Crippen MR) is 89.0 cm³/mol. The number of nitrogens with one attached hydrogen (secondary N) is 1. The average molecular weight is 345 g/mol. The van der Waals surface area contributed by atoms with Gasteiger partial charge in [0.15, 0.2) is 0 Å². The normalized spacial score (nSPS) is 11.5. The van der Waals surface area contributed by atoms with Crippen LogP contribution < -0.4 is 11.1 Å². The molecule has 0 saturated heterocycles. The van der Waals surface area contributed by atoms with Crippen LogP contribution >= 0.6 is 0 Å². The summed E-state index contributed by atoms with van der Waals surface area (Å²) in [5.74, 6) is -0.513. The maximum atomic E-state index is 12.6. The van der Waals surface area contributed by atoms with Crippen molar-refractivity contribution in [1.29, 1.82) is 0 Å². The predicted octanol–water partition coefficient (Wildman–Crippen LogP) is 3.96. The first-order valence-electron chi connectivity index (χ1n) is 7.45. The molecule has 4 nitrogen and oxygen atoms in total. The molecule has 128 valence electrons. The maximum absolute atomic E-state index is 12.6. The standard InChI is InChI=1S/C18H14F3N3O/c19-18(20,21)13-6-3-11(4-7-13)17(25)24-15-8-5-12(10-22)14-2-1-9-23-16(14)15/h1-9H,10,22H2,(H,24,25). The highest BCUT2D eigenvalue weighted by Crippen LogP contribution is 2.29. The van der Waals surface area contributed by atoms with Crippen molar-refractivity contribution in [3.05, 3.63) is 71.4 Å². The van der Waals surface area contributed by atoms with E-state index in [9.17, 15) is 18.0 Å². The Balaban J connectivity index is 1.90. The van der Waals surface area contributed by atoms with Gasteiger partial charge in [0.05, 0.1) is 16.8 Å². The molecule has 2 aromatic carbocycles. The Morgan fingerprint density at radius 1 is 1.08 bits per heavy atom. The minimum atomic E-state index is -4.44. The quantitative estimate of drug-likeness (QED) is 0.755. The minimum Gasteiger partial charge on any atom is -0.326 e. The number of nitrogens with two attached hydrogens (primary N) is 1. The Hall–Kier alpha value is -2.93. The molecular weight excluding hydrogens is 331 g/mol. The van der Waals surface area contributed by atoms with E-state index in [2.05, 4.69) is 10.3 Å². The number of rotatable bonds is 3. The highest BCUT2D eigenvalue weighted by atomic mass is 19.4. The van der Waals surface area contributed by atoms with Gasteiger partial charge in [-0.25, -0.2) is 0 Å². The summed E-state index contributed by atoms with van der Waals surface area (Å²) in [5.41, 5.74) is 6.95. The average Bonchev–Trinajstić information content (AvgIpc) is 2.61. The fraction of sp³-hybridized carbons (Fsp3) is 0.111. The second-order valence-corrected chi connectivity index (χ2v) is 5.41. The maximum Gasteiger partial charge on any atom is 0.416 e. The molecule has 3 N–H and O–H groups in total. The van der Waals surface area contributed by atoms with E-state index in [1.54, 1.807) is 24.4 Å². The van der Waals surface area contributed by atoms with Crippen LogP contribution in [-0.4, -0.2) is 10.9 Å². The zero-order valence-corrected chi connectivity index (χ0v) is 13.0. The number of halogens is 3. The van der Waals surface area contributed by atoms with Gasteiger partial charge in [-0.2, -0.15) is 13.2 Å². The Morgan fingerprint density at radius 3 is 2.44 bits per heavy atom. The molecule has 0 saturated carbocycles. The van der Waals surface area contributed by atoms with Gasteiger partial charge in [0.1, 0.15) is 0 Å². The fourth-order valence-corrected chi connectivity index (χ4v) is 2.52. The largest absolute Gasteiger partial charge is 0.416 e. The van der Waals surface area contributed by atoms with Crippen molar-refractivity contribution < 1.29 is 18.0 Å². The Kier molecular flexibility index (Phi) is 4.41. The van der Waals surface area contributed by atoms with Crippen LogP contribution in [0.25, 0.3) is 10.9 Å². The molecule has 3 rings (SSSR count). The number of carbonyl (C=O) groups excluding carboxylic acids is 1. The number of amides is 1. The molecule has 7 heteroatoms. The lowest BCUT2D eigenvalue weighted by molar-refractivity contribution is -0.137. The summed E-state index contributed by atoms with van der Waals surface area (Å²) in [7, 11) is 0. The van der Waals surface area contributed by atoms with Crippen LogP contribution in [0.2, 0.25) is 0 Å². The molecule has 1 heterocycles. The van der Waals surface area contributed by atoms with Crippen molar-refractivity contribution in [3.8, 4) is 0 Å². The van der Waals surface area contributed by atoms with Crippen molar-refractivity contribution >= 4 is 22.5 Å². The van der Waals surface area contributed by atoms with Crippen molar-refractivity contribution in [3.63, 3.8) is 0 Å². The topological polar surface area (TPSA) is 68.0 Å². The van der Waals surface area contributed by atoms with E-state index in [4.69, 9.17) is 5.73 Å². The summed E-state index contributed by atoms with van der Waals surface area (Å²) in [6.45, 7) is 0.329. The molecule has 1 amide bonds. The number of fused-ring (bicyclic) bond motifs is 1. The number of aromatic nitrogens is 1. The zero-order chi connectivity index (χ0) is 18.0. The Bertz CT molecular complexity index is 921. The molecule has 3 aromatic rings. The van der Waals surface area contributed by atoms with Crippen LogP contribution in [0.4, 0.5) is 18.9 Å². The van der Waals surface area contributed by atoms with E-state index in [1.807, 2.05) is 6.07 Å². The van der Waals surface area contributed by atoms with Gasteiger partial charge >= 0.3 is 6.18 Å². The molecule has 25 heavy (non-hydrogen) atoms. The van der Waals surface area contributed by atoms with Gasteiger partial charge in [-0.1, -0.05) is 12.1 Å². The van der Waals surface area contributed by atoms with E-state index >= 15 is 0 Å². The van der Waals surface area contributed by atoms with Crippen LogP contribution in [0, 0.1) is 0 Å². The molecular formula is C18H14F3N3O. The molecule has 1 aromatic heterocycles. The number of nitrogens with zero attached hydrogens (tertiary/aromatic N) is 1. The van der Waals surface area contributed by atoms with Crippen LogP contribution in [0.5, 0.6) is 0 Å². The van der Waals surface area contributed by atoms with Crippen LogP contribution in [0.1, 0.15) is 21.5 Å². The molecule has 0 fully saturated rings. The highest BCUT2D eigenvalue weighted by Gasteiger charge is 2.30. The van der Waals surface area contributed by atoms with Gasteiger partial charge in [0.25, 0.3) is 5.91 Å². The zero-order valence-electron chi connectivity index (χ0n) is 13.0. The van der Waals surface area contributed by atoms with E-state index in [0.717, 1.165) is 35.2 Å². The minimum absolute atomic E-state index is 0.125. The van der Waals surface area contributed by atoms with Gasteiger partial charge in [0.2, 0.25) is 0 Å². The molecule has 0 atom stereocenters. The smallest absolute Gasteiger partial charge is 0.326 e. The third kappa shape index (κ3) is 3.46. The van der Waals surface area contributed by atoms with E-state index < -0.39 is 17.6 Å². The number of benzene rings is 2.